The number of nitrogens with zero attached hydrogens (tertiary/aromatic N) is 2. The van der Waals surface area contributed by atoms with Crippen LogP contribution in [0.25, 0.3) is 0 Å². The third-order valence-corrected chi connectivity index (χ3v) is 8.43. The normalized spacial score (nSPS) is 20.6. The molecule has 0 aromatic heterocycles. The van der Waals surface area contributed by atoms with Crippen LogP contribution in [0.1, 0.15) is 37.3 Å². The summed E-state index contributed by atoms with van der Waals surface area (Å²) in [5.41, 5.74) is 0.923. The molecule has 2 aliphatic heterocycles. The number of amides is 2. The van der Waals surface area contributed by atoms with E-state index in [0.29, 0.717) is 43.9 Å². The molecule has 2 aliphatic rings. The zero-order valence-electron chi connectivity index (χ0n) is 18.3. The Bertz CT molecular complexity index is 1090. The van der Waals surface area contributed by atoms with Crippen molar-refractivity contribution in [3.8, 4) is 0 Å². The maximum Gasteiger partial charge on any atom is 0.243 e. The van der Waals surface area contributed by atoms with Gasteiger partial charge in [0, 0.05) is 37.6 Å². The molecule has 2 aromatic rings. The van der Waals surface area contributed by atoms with Crippen LogP contribution < -0.4 is 5.32 Å². The molecule has 0 saturated carbocycles. The van der Waals surface area contributed by atoms with Crippen molar-refractivity contribution in [1.29, 1.82) is 0 Å². The van der Waals surface area contributed by atoms with E-state index in [1.165, 1.54) is 16.4 Å². The molecule has 0 bridgehead atoms. The van der Waals surface area contributed by atoms with E-state index in [-0.39, 0.29) is 29.3 Å². The molecule has 2 unspecified atom stereocenters. The van der Waals surface area contributed by atoms with Crippen molar-refractivity contribution in [3.05, 3.63) is 65.2 Å². The number of piperidine rings is 1. The highest BCUT2D eigenvalue weighted by Gasteiger charge is 2.34. The van der Waals surface area contributed by atoms with Crippen LogP contribution in [0.5, 0.6) is 0 Å². The molecule has 2 aromatic carbocycles. The van der Waals surface area contributed by atoms with Gasteiger partial charge in [-0.2, -0.15) is 4.31 Å². The molecule has 4 rings (SSSR count). The van der Waals surface area contributed by atoms with Crippen molar-refractivity contribution in [3.63, 3.8) is 0 Å². The van der Waals surface area contributed by atoms with Gasteiger partial charge in [-0.1, -0.05) is 41.9 Å². The first-order valence-corrected chi connectivity index (χ1v) is 13.1. The van der Waals surface area contributed by atoms with Crippen molar-refractivity contribution < 1.29 is 18.0 Å². The molecule has 2 heterocycles. The Morgan fingerprint density at radius 2 is 1.79 bits per heavy atom. The third kappa shape index (κ3) is 5.57. The standard InChI is InChI=1S/C24H28ClN3O4S/c25-20-10-12-21(13-11-20)33(31,32)28-15-4-8-19(16-28)24(30)26-22(18-6-2-1-3-7-18)17-27-14-5-9-23(27)29/h1-3,6-7,10-13,19,22H,4-5,8-9,14-17H2,(H,26,30). The van der Waals surface area contributed by atoms with E-state index < -0.39 is 15.9 Å². The van der Waals surface area contributed by atoms with E-state index in [4.69, 9.17) is 11.6 Å². The zero-order chi connectivity index (χ0) is 23.4. The maximum absolute atomic E-state index is 13.2. The molecule has 2 saturated heterocycles. The van der Waals surface area contributed by atoms with Gasteiger partial charge in [-0.3, -0.25) is 9.59 Å². The van der Waals surface area contributed by atoms with Gasteiger partial charge in [0.2, 0.25) is 21.8 Å². The first-order valence-electron chi connectivity index (χ1n) is 11.2. The second-order valence-corrected chi connectivity index (χ2v) is 10.9. The molecule has 0 aliphatic carbocycles. The largest absolute Gasteiger partial charge is 0.347 e. The Morgan fingerprint density at radius 3 is 2.45 bits per heavy atom. The fraction of sp³-hybridized carbons (Fsp3) is 0.417. The summed E-state index contributed by atoms with van der Waals surface area (Å²) in [6, 6.07) is 15.3. The first kappa shape index (κ1) is 23.7. The number of carbonyl (C=O) groups excluding carboxylic acids is 2. The smallest absolute Gasteiger partial charge is 0.243 e. The van der Waals surface area contributed by atoms with Gasteiger partial charge in [0.15, 0.2) is 0 Å². The summed E-state index contributed by atoms with van der Waals surface area (Å²) in [4.78, 5) is 27.4. The van der Waals surface area contributed by atoms with Crippen molar-refractivity contribution in [2.75, 3.05) is 26.2 Å². The Balaban J connectivity index is 1.47. The minimum atomic E-state index is -3.71. The van der Waals surface area contributed by atoms with Crippen LogP contribution in [-0.2, 0) is 19.6 Å². The summed E-state index contributed by atoms with van der Waals surface area (Å²) in [7, 11) is -3.71. The number of sulfonamides is 1. The molecule has 7 nitrogen and oxygen atoms in total. The second kappa shape index (κ2) is 10.2. The van der Waals surface area contributed by atoms with Gasteiger partial charge in [-0.05, 0) is 49.1 Å². The number of carbonyl (C=O) groups is 2. The number of likely N-dealkylation sites (tertiary alicyclic amines) is 1. The molecule has 2 atom stereocenters. The first-order chi connectivity index (χ1) is 15.8. The number of benzene rings is 2. The number of nitrogens with one attached hydrogen (secondary N) is 1. The summed E-state index contributed by atoms with van der Waals surface area (Å²) in [5.74, 6) is -0.545. The van der Waals surface area contributed by atoms with Crippen molar-refractivity contribution >= 4 is 33.4 Å². The Morgan fingerprint density at radius 1 is 1.06 bits per heavy atom. The van der Waals surface area contributed by atoms with Gasteiger partial charge in [0.05, 0.1) is 16.9 Å². The second-order valence-electron chi connectivity index (χ2n) is 8.57. The predicted octanol–water partition coefficient (Wildman–Crippen LogP) is 3.22. The van der Waals surface area contributed by atoms with Crippen LogP contribution in [0.4, 0.5) is 0 Å². The fourth-order valence-electron chi connectivity index (χ4n) is 4.46. The van der Waals surface area contributed by atoms with Gasteiger partial charge < -0.3 is 10.2 Å². The molecule has 2 amide bonds. The molecular weight excluding hydrogens is 462 g/mol. The van der Waals surface area contributed by atoms with Crippen LogP contribution in [-0.4, -0.2) is 55.6 Å². The van der Waals surface area contributed by atoms with Crippen LogP contribution >= 0.6 is 11.6 Å². The van der Waals surface area contributed by atoms with E-state index in [0.717, 1.165) is 12.0 Å². The molecular formula is C24H28ClN3O4S. The lowest BCUT2D eigenvalue weighted by atomic mass is 9.97. The van der Waals surface area contributed by atoms with E-state index in [9.17, 15) is 18.0 Å². The highest BCUT2D eigenvalue weighted by Crippen LogP contribution is 2.26. The maximum atomic E-state index is 13.2. The topological polar surface area (TPSA) is 86.8 Å². The van der Waals surface area contributed by atoms with E-state index in [1.54, 1.807) is 17.0 Å². The molecule has 1 N–H and O–H groups in total. The van der Waals surface area contributed by atoms with Crippen LogP contribution in [0, 0.1) is 5.92 Å². The van der Waals surface area contributed by atoms with Crippen LogP contribution in [0.2, 0.25) is 5.02 Å². The Kier molecular flexibility index (Phi) is 7.36. The SMILES string of the molecule is O=C(NC(CN1CCCC1=O)c1ccccc1)C1CCCN(S(=O)(=O)c2ccc(Cl)cc2)C1. The highest BCUT2D eigenvalue weighted by molar-refractivity contribution is 7.89. The van der Waals surface area contributed by atoms with Gasteiger partial charge >= 0.3 is 0 Å². The van der Waals surface area contributed by atoms with E-state index >= 15 is 0 Å². The average molecular weight is 490 g/mol. The lowest BCUT2D eigenvalue weighted by Gasteiger charge is -2.33. The number of halogens is 1. The monoisotopic (exact) mass is 489 g/mol. The van der Waals surface area contributed by atoms with E-state index in [2.05, 4.69) is 5.32 Å². The summed E-state index contributed by atoms with van der Waals surface area (Å²) < 4.78 is 27.5. The summed E-state index contributed by atoms with van der Waals surface area (Å²) >= 11 is 5.90. The van der Waals surface area contributed by atoms with Crippen LogP contribution in [0.3, 0.4) is 0 Å². The van der Waals surface area contributed by atoms with Gasteiger partial charge in [-0.15, -0.1) is 0 Å². The molecule has 33 heavy (non-hydrogen) atoms. The number of hydrogen-bond acceptors (Lipinski definition) is 4. The van der Waals surface area contributed by atoms with Crippen molar-refractivity contribution in [2.45, 2.75) is 36.6 Å². The summed E-state index contributed by atoms with van der Waals surface area (Å²) in [6.45, 7) is 1.60. The average Bonchev–Trinajstić information content (AvgIpc) is 3.23. The number of hydrogen-bond donors (Lipinski definition) is 1. The van der Waals surface area contributed by atoms with Gasteiger partial charge in [-0.25, -0.2) is 8.42 Å². The van der Waals surface area contributed by atoms with Gasteiger partial charge in [0.1, 0.15) is 0 Å². The fourth-order valence-corrected chi connectivity index (χ4v) is 6.11. The lowest BCUT2D eigenvalue weighted by molar-refractivity contribution is -0.130. The quantitative estimate of drug-likeness (QED) is 0.647. The van der Waals surface area contributed by atoms with Crippen molar-refractivity contribution in [2.24, 2.45) is 5.92 Å². The molecule has 2 fully saturated rings. The Hall–Kier alpha value is -2.42. The number of rotatable bonds is 7. The molecule has 9 heteroatoms. The summed E-state index contributed by atoms with van der Waals surface area (Å²) in [5, 5.41) is 3.56. The zero-order valence-corrected chi connectivity index (χ0v) is 19.9. The van der Waals surface area contributed by atoms with E-state index in [1.807, 2.05) is 30.3 Å². The molecule has 0 spiro atoms. The molecule has 0 radical (unpaired) electrons. The third-order valence-electron chi connectivity index (χ3n) is 6.30. The van der Waals surface area contributed by atoms with Crippen LogP contribution in [0.15, 0.2) is 59.5 Å². The molecule has 176 valence electrons. The van der Waals surface area contributed by atoms with Crippen molar-refractivity contribution in [1.82, 2.24) is 14.5 Å². The van der Waals surface area contributed by atoms with Gasteiger partial charge in [0.25, 0.3) is 0 Å². The lowest BCUT2D eigenvalue weighted by Crippen LogP contribution is -2.47. The summed E-state index contributed by atoms with van der Waals surface area (Å²) in [6.07, 6.45) is 2.58. The highest BCUT2D eigenvalue weighted by atomic mass is 35.5. The minimum Gasteiger partial charge on any atom is -0.347 e. The predicted molar refractivity (Wildman–Crippen MR) is 126 cm³/mol. The minimum absolute atomic E-state index is 0.100. The Labute approximate surface area is 199 Å².